The van der Waals surface area contributed by atoms with E-state index in [4.69, 9.17) is 10.5 Å². The molecule has 3 N–H and O–H groups in total. The predicted octanol–water partition coefficient (Wildman–Crippen LogP) is 0.386. The van der Waals surface area contributed by atoms with Crippen molar-refractivity contribution in [1.82, 2.24) is 9.71 Å². The second kappa shape index (κ2) is 5.96. The molecule has 106 valence electrons. The maximum atomic E-state index is 12.2. The molecule has 1 aromatic rings. The van der Waals surface area contributed by atoms with Crippen LogP contribution in [0.2, 0.25) is 0 Å². The van der Waals surface area contributed by atoms with Gasteiger partial charge in [0.25, 0.3) is 0 Å². The van der Waals surface area contributed by atoms with Crippen LogP contribution in [0.25, 0.3) is 0 Å². The van der Waals surface area contributed by atoms with E-state index in [-0.39, 0.29) is 17.0 Å². The van der Waals surface area contributed by atoms with E-state index in [2.05, 4.69) is 9.71 Å². The molecule has 0 aliphatic heterocycles. The molecule has 1 aliphatic carbocycles. The monoisotopic (exact) mass is 285 g/mol. The lowest BCUT2D eigenvalue weighted by molar-refractivity contribution is 0.0916. The topological polar surface area (TPSA) is 94.3 Å². The third-order valence-corrected chi connectivity index (χ3v) is 4.85. The summed E-state index contributed by atoms with van der Waals surface area (Å²) in [4.78, 5) is 4.16. The van der Waals surface area contributed by atoms with Crippen molar-refractivity contribution in [2.45, 2.75) is 42.8 Å². The van der Waals surface area contributed by atoms with Crippen molar-refractivity contribution in [2.75, 3.05) is 7.11 Å². The van der Waals surface area contributed by atoms with Gasteiger partial charge in [-0.3, -0.25) is 4.98 Å². The second-order valence-corrected chi connectivity index (χ2v) is 6.34. The van der Waals surface area contributed by atoms with Crippen LogP contribution in [0.1, 0.15) is 25.0 Å². The number of hydrogen-bond acceptors (Lipinski definition) is 5. The van der Waals surface area contributed by atoms with Crippen LogP contribution in [0.5, 0.6) is 0 Å². The number of pyridine rings is 1. The lowest BCUT2D eigenvalue weighted by Crippen LogP contribution is -2.40. The average molecular weight is 285 g/mol. The molecule has 1 heterocycles. The molecule has 0 bridgehead atoms. The van der Waals surface area contributed by atoms with Crippen LogP contribution in [0.15, 0.2) is 23.2 Å². The minimum absolute atomic E-state index is 0.0500. The molecule has 1 fully saturated rings. The van der Waals surface area contributed by atoms with Crippen molar-refractivity contribution in [3.63, 3.8) is 0 Å². The van der Waals surface area contributed by atoms with E-state index in [0.717, 1.165) is 19.3 Å². The Morgan fingerprint density at radius 3 is 2.84 bits per heavy atom. The molecule has 1 aromatic heterocycles. The highest BCUT2D eigenvalue weighted by molar-refractivity contribution is 7.89. The molecular weight excluding hydrogens is 266 g/mol. The summed E-state index contributed by atoms with van der Waals surface area (Å²) in [6.45, 7) is 0.294. The molecule has 0 aromatic carbocycles. The van der Waals surface area contributed by atoms with Crippen LogP contribution in [-0.4, -0.2) is 32.7 Å². The smallest absolute Gasteiger partial charge is 0.242 e. The molecule has 2 rings (SSSR count). The highest BCUT2D eigenvalue weighted by atomic mass is 32.2. The Balaban J connectivity index is 2.13. The largest absolute Gasteiger partial charge is 0.380 e. The zero-order valence-corrected chi connectivity index (χ0v) is 11.7. The number of nitrogens with two attached hydrogens (primary N) is 1. The first-order chi connectivity index (χ1) is 9.06. The van der Waals surface area contributed by atoms with E-state index in [0.29, 0.717) is 12.2 Å². The Morgan fingerprint density at radius 1 is 1.47 bits per heavy atom. The minimum atomic E-state index is -3.55. The number of hydrogen-bond donors (Lipinski definition) is 2. The summed E-state index contributed by atoms with van der Waals surface area (Å²) in [6, 6.07) is 2.98. The highest BCUT2D eigenvalue weighted by Gasteiger charge is 2.31. The number of nitrogens with one attached hydrogen (secondary N) is 1. The quantitative estimate of drug-likeness (QED) is 0.816. The van der Waals surface area contributed by atoms with E-state index < -0.39 is 10.0 Å². The maximum Gasteiger partial charge on any atom is 0.242 e. The first-order valence-corrected chi connectivity index (χ1v) is 7.75. The van der Waals surface area contributed by atoms with Gasteiger partial charge in [0, 0.05) is 25.9 Å². The van der Waals surface area contributed by atoms with Crippen molar-refractivity contribution in [3.8, 4) is 0 Å². The van der Waals surface area contributed by atoms with Crippen molar-refractivity contribution in [1.29, 1.82) is 0 Å². The Bertz CT molecular complexity index is 516. The minimum Gasteiger partial charge on any atom is -0.380 e. The van der Waals surface area contributed by atoms with Gasteiger partial charge in [-0.15, -0.1) is 0 Å². The molecule has 19 heavy (non-hydrogen) atoms. The second-order valence-electron chi connectivity index (χ2n) is 4.62. The maximum absolute atomic E-state index is 12.2. The number of rotatable bonds is 5. The zero-order valence-electron chi connectivity index (χ0n) is 10.9. The van der Waals surface area contributed by atoms with Gasteiger partial charge in [-0.05, 0) is 31.4 Å². The third-order valence-electron chi connectivity index (χ3n) is 3.38. The Labute approximate surface area is 113 Å². The number of methoxy groups -OCH3 is 1. The summed E-state index contributed by atoms with van der Waals surface area (Å²) >= 11 is 0. The van der Waals surface area contributed by atoms with Crippen molar-refractivity contribution in [3.05, 3.63) is 24.0 Å². The molecule has 0 saturated heterocycles. The number of sulfonamides is 1. The molecule has 7 heteroatoms. The summed E-state index contributed by atoms with van der Waals surface area (Å²) < 4.78 is 32.4. The van der Waals surface area contributed by atoms with Crippen molar-refractivity contribution >= 4 is 10.0 Å². The van der Waals surface area contributed by atoms with Crippen molar-refractivity contribution < 1.29 is 13.2 Å². The fraction of sp³-hybridized carbons (Fsp3) is 0.583. The fourth-order valence-electron chi connectivity index (χ4n) is 2.30. The summed E-state index contributed by atoms with van der Waals surface area (Å²) in [5, 5.41) is 0. The van der Waals surface area contributed by atoms with Crippen LogP contribution in [0, 0.1) is 0 Å². The van der Waals surface area contributed by atoms with Crippen molar-refractivity contribution in [2.24, 2.45) is 5.73 Å². The normalized spacial score (nSPS) is 23.7. The molecule has 0 radical (unpaired) electrons. The lowest BCUT2D eigenvalue weighted by atomic mass is 10.2. The molecule has 1 aliphatic rings. The van der Waals surface area contributed by atoms with Crippen LogP contribution in [-0.2, 0) is 21.3 Å². The van der Waals surface area contributed by atoms with E-state index >= 15 is 0 Å². The van der Waals surface area contributed by atoms with E-state index in [1.807, 2.05) is 0 Å². The van der Waals surface area contributed by atoms with E-state index in [1.54, 1.807) is 13.2 Å². The third kappa shape index (κ3) is 3.30. The lowest BCUT2D eigenvalue weighted by Gasteiger charge is -2.19. The zero-order chi connectivity index (χ0) is 13.9. The molecule has 2 atom stereocenters. The van der Waals surface area contributed by atoms with Gasteiger partial charge < -0.3 is 10.5 Å². The molecule has 2 unspecified atom stereocenters. The van der Waals surface area contributed by atoms with Gasteiger partial charge in [-0.1, -0.05) is 0 Å². The van der Waals surface area contributed by atoms with Crippen LogP contribution in [0.3, 0.4) is 0 Å². The van der Waals surface area contributed by atoms with Gasteiger partial charge >= 0.3 is 0 Å². The van der Waals surface area contributed by atoms with Gasteiger partial charge in [0.05, 0.1) is 11.8 Å². The van der Waals surface area contributed by atoms with Gasteiger partial charge in [-0.2, -0.15) is 0 Å². The number of ether oxygens (including phenoxy) is 1. The van der Waals surface area contributed by atoms with Crippen LogP contribution >= 0.6 is 0 Å². The average Bonchev–Trinajstić information content (AvgIpc) is 2.85. The summed E-state index contributed by atoms with van der Waals surface area (Å²) in [5.74, 6) is 0. The SMILES string of the molecule is COC1CCCC1NS(=O)(=O)c1ccc(CN)nc1. The first kappa shape index (κ1) is 14.4. The summed E-state index contributed by atoms with van der Waals surface area (Å²) in [7, 11) is -1.94. The standard InChI is InChI=1S/C12H19N3O3S/c1-18-12-4-2-3-11(12)15-19(16,17)10-6-5-9(7-13)14-8-10/h5-6,8,11-12,15H,2-4,7,13H2,1H3. The Morgan fingerprint density at radius 2 is 2.26 bits per heavy atom. The summed E-state index contributed by atoms with van der Waals surface area (Å²) in [6.07, 6.45) is 3.93. The van der Waals surface area contributed by atoms with Gasteiger partial charge in [0.15, 0.2) is 0 Å². The van der Waals surface area contributed by atoms with Gasteiger partial charge in [-0.25, -0.2) is 13.1 Å². The molecular formula is C12H19N3O3S. The van der Waals surface area contributed by atoms with Gasteiger partial charge in [0.2, 0.25) is 10.0 Å². The summed E-state index contributed by atoms with van der Waals surface area (Å²) in [5.41, 5.74) is 6.09. The molecule has 1 saturated carbocycles. The highest BCUT2D eigenvalue weighted by Crippen LogP contribution is 2.23. The van der Waals surface area contributed by atoms with E-state index in [1.165, 1.54) is 12.3 Å². The van der Waals surface area contributed by atoms with Crippen LogP contribution < -0.4 is 10.5 Å². The molecule has 0 amide bonds. The molecule has 6 nitrogen and oxygen atoms in total. The Hall–Kier alpha value is -1.02. The predicted molar refractivity (Wildman–Crippen MR) is 70.9 cm³/mol. The van der Waals surface area contributed by atoms with Crippen LogP contribution in [0.4, 0.5) is 0 Å². The fourth-order valence-corrected chi connectivity index (χ4v) is 3.54. The van der Waals surface area contributed by atoms with Gasteiger partial charge in [0.1, 0.15) is 4.90 Å². The Kier molecular flexibility index (Phi) is 4.51. The first-order valence-electron chi connectivity index (χ1n) is 6.27. The van der Waals surface area contributed by atoms with E-state index in [9.17, 15) is 8.42 Å². The number of nitrogens with zero attached hydrogens (tertiary/aromatic N) is 1. The molecule has 0 spiro atoms. The number of aromatic nitrogens is 1.